The van der Waals surface area contributed by atoms with E-state index in [1.807, 2.05) is 0 Å². The molecule has 0 spiro atoms. The minimum atomic E-state index is -1.11. The number of anilines is 1. The first-order valence-electron chi connectivity index (χ1n) is 10.3. The van der Waals surface area contributed by atoms with Crippen LogP contribution in [0.4, 0.5) is 19.3 Å². The maximum atomic E-state index is 13.4. The molecule has 10 heteroatoms. The molecule has 31 heavy (non-hydrogen) atoms. The lowest BCUT2D eigenvalue weighted by Gasteiger charge is -2.35. The summed E-state index contributed by atoms with van der Waals surface area (Å²) >= 11 is 0. The molecule has 2 rings (SSSR count). The highest BCUT2D eigenvalue weighted by Crippen LogP contribution is 2.27. The summed E-state index contributed by atoms with van der Waals surface area (Å²) in [6.07, 6.45) is 3.98. The number of carbonyl (C=O) groups excluding carboxylic acids is 3. The second kappa shape index (κ2) is 10.5. The van der Waals surface area contributed by atoms with Crippen LogP contribution in [0, 0.1) is 23.0 Å². The number of amides is 4. The van der Waals surface area contributed by atoms with Gasteiger partial charge in [0.2, 0.25) is 5.91 Å². The van der Waals surface area contributed by atoms with Crippen LogP contribution in [-0.2, 0) is 9.59 Å². The Morgan fingerprint density at radius 2 is 1.81 bits per heavy atom. The van der Waals surface area contributed by atoms with E-state index in [4.69, 9.17) is 5.21 Å². The lowest BCUT2D eigenvalue weighted by atomic mass is 9.85. The van der Waals surface area contributed by atoms with Gasteiger partial charge in [0.15, 0.2) is 11.6 Å². The summed E-state index contributed by atoms with van der Waals surface area (Å²) in [5.74, 6) is -3.11. The first kappa shape index (κ1) is 24.5. The van der Waals surface area contributed by atoms with Crippen LogP contribution in [-0.4, -0.2) is 47.1 Å². The molecule has 0 aromatic heterocycles. The molecule has 0 unspecified atom stereocenters. The number of carbonyl (C=O) groups is 3. The van der Waals surface area contributed by atoms with Gasteiger partial charge in [0.25, 0.3) is 5.91 Å². The molecule has 8 nitrogen and oxygen atoms in total. The number of urea groups is 1. The van der Waals surface area contributed by atoms with Crippen LogP contribution in [0.3, 0.4) is 0 Å². The van der Waals surface area contributed by atoms with E-state index >= 15 is 0 Å². The van der Waals surface area contributed by atoms with Crippen molar-refractivity contribution in [1.29, 1.82) is 0 Å². The number of nitrogens with one attached hydrogen (secondary N) is 3. The van der Waals surface area contributed by atoms with Crippen LogP contribution in [0.2, 0.25) is 0 Å². The lowest BCUT2D eigenvalue weighted by molar-refractivity contribution is -0.142. The largest absolute Gasteiger partial charge is 0.331 e. The molecule has 1 fully saturated rings. The second-order valence-corrected chi connectivity index (χ2v) is 8.93. The van der Waals surface area contributed by atoms with Crippen molar-refractivity contribution in [2.45, 2.75) is 52.5 Å². The molecule has 1 aromatic carbocycles. The third-order valence-electron chi connectivity index (χ3n) is 5.29. The van der Waals surface area contributed by atoms with Gasteiger partial charge in [-0.2, -0.15) is 0 Å². The standard InChI is InChI=1S/C21H30F2N4O4/c1-21(2,3)18(25-20(30)24-14-8-9-15(22)16(23)10-14)19(29)27(12-17(28)26-31)11-13-6-4-5-7-13/h8-10,13,18,31H,4-7,11-12H2,1-3H3,(H,26,28)(H2,24,25,30)/t18-/m1/s1. The molecule has 4 N–H and O–H groups in total. The Labute approximate surface area is 180 Å². The Kier molecular flexibility index (Phi) is 8.32. The second-order valence-electron chi connectivity index (χ2n) is 8.93. The molecule has 0 bridgehead atoms. The van der Waals surface area contributed by atoms with Gasteiger partial charge in [0.05, 0.1) is 0 Å². The van der Waals surface area contributed by atoms with Gasteiger partial charge in [-0.25, -0.2) is 19.1 Å². The number of rotatable bonds is 7. The third-order valence-corrected chi connectivity index (χ3v) is 5.29. The number of benzene rings is 1. The SMILES string of the molecule is CC(C)(C)[C@H](NC(=O)Nc1ccc(F)c(F)c1)C(=O)N(CC(=O)NO)CC1CCCC1. The molecule has 0 radical (unpaired) electrons. The van der Waals surface area contributed by atoms with Crippen molar-refractivity contribution in [2.75, 3.05) is 18.4 Å². The molecule has 1 saturated carbocycles. The summed E-state index contributed by atoms with van der Waals surface area (Å²) in [5, 5.41) is 13.9. The fourth-order valence-electron chi connectivity index (χ4n) is 3.65. The van der Waals surface area contributed by atoms with Crippen LogP contribution in [0.5, 0.6) is 0 Å². The predicted molar refractivity (Wildman–Crippen MR) is 110 cm³/mol. The summed E-state index contributed by atoms with van der Waals surface area (Å²) in [6.45, 7) is 5.27. The number of halogens is 2. The van der Waals surface area contributed by atoms with E-state index in [1.165, 1.54) is 16.4 Å². The summed E-state index contributed by atoms with van der Waals surface area (Å²) in [7, 11) is 0. The zero-order valence-electron chi connectivity index (χ0n) is 18.0. The topological polar surface area (TPSA) is 111 Å². The van der Waals surface area contributed by atoms with Gasteiger partial charge in [-0.1, -0.05) is 33.6 Å². The molecule has 0 saturated heterocycles. The van der Waals surface area contributed by atoms with Crippen LogP contribution in [0.25, 0.3) is 0 Å². The molecule has 0 aliphatic heterocycles. The van der Waals surface area contributed by atoms with Crippen molar-refractivity contribution in [3.63, 3.8) is 0 Å². The van der Waals surface area contributed by atoms with E-state index in [0.29, 0.717) is 6.54 Å². The maximum Gasteiger partial charge on any atom is 0.319 e. The fraction of sp³-hybridized carbons (Fsp3) is 0.571. The first-order valence-corrected chi connectivity index (χ1v) is 10.3. The van der Waals surface area contributed by atoms with Crippen molar-refractivity contribution < 1.29 is 28.4 Å². The number of hydrogen-bond acceptors (Lipinski definition) is 4. The minimum absolute atomic E-state index is 0.0268. The summed E-state index contributed by atoms with van der Waals surface area (Å²) in [5.41, 5.74) is 0.848. The van der Waals surface area contributed by atoms with Crippen molar-refractivity contribution in [3.8, 4) is 0 Å². The lowest BCUT2D eigenvalue weighted by Crippen LogP contribution is -2.57. The van der Waals surface area contributed by atoms with E-state index in [-0.39, 0.29) is 18.2 Å². The van der Waals surface area contributed by atoms with Gasteiger partial charge in [-0.15, -0.1) is 0 Å². The van der Waals surface area contributed by atoms with Crippen LogP contribution < -0.4 is 16.1 Å². The average Bonchev–Trinajstić information content (AvgIpc) is 3.20. The average molecular weight is 440 g/mol. The van der Waals surface area contributed by atoms with E-state index in [2.05, 4.69) is 10.6 Å². The molecular formula is C21H30F2N4O4. The van der Waals surface area contributed by atoms with Crippen LogP contribution in [0.15, 0.2) is 18.2 Å². The molecule has 172 valence electrons. The normalized spacial score (nSPS) is 15.3. The fourth-order valence-corrected chi connectivity index (χ4v) is 3.65. The Morgan fingerprint density at radius 3 is 2.35 bits per heavy atom. The summed E-state index contributed by atoms with van der Waals surface area (Å²) in [6, 6.07) is 1.14. The Morgan fingerprint density at radius 1 is 1.16 bits per heavy atom. The minimum Gasteiger partial charge on any atom is -0.331 e. The Hall–Kier alpha value is -2.75. The molecule has 1 aliphatic rings. The van der Waals surface area contributed by atoms with Crippen molar-refractivity contribution in [1.82, 2.24) is 15.7 Å². The van der Waals surface area contributed by atoms with Crippen LogP contribution >= 0.6 is 0 Å². The van der Waals surface area contributed by atoms with Gasteiger partial charge in [-0.05, 0) is 36.3 Å². The van der Waals surface area contributed by atoms with E-state index in [0.717, 1.165) is 37.8 Å². The molecule has 1 atom stereocenters. The van der Waals surface area contributed by atoms with Crippen LogP contribution in [0.1, 0.15) is 46.5 Å². The van der Waals surface area contributed by atoms with E-state index in [1.54, 1.807) is 20.8 Å². The molecule has 1 aromatic rings. The van der Waals surface area contributed by atoms with Gasteiger partial charge in [-0.3, -0.25) is 14.8 Å². The summed E-state index contributed by atoms with van der Waals surface area (Å²) < 4.78 is 26.5. The number of nitrogens with zero attached hydrogens (tertiary/aromatic N) is 1. The number of hydroxylamine groups is 1. The van der Waals surface area contributed by atoms with Crippen molar-refractivity contribution in [2.24, 2.45) is 11.3 Å². The Balaban J connectivity index is 2.16. The maximum absolute atomic E-state index is 13.4. The third kappa shape index (κ3) is 7.16. The summed E-state index contributed by atoms with van der Waals surface area (Å²) in [4.78, 5) is 38.9. The van der Waals surface area contributed by atoms with Crippen molar-refractivity contribution >= 4 is 23.5 Å². The van der Waals surface area contributed by atoms with E-state index < -0.39 is 40.9 Å². The molecule has 0 heterocycles. The van der Waals surface area contributed by atoms with Gasteiger partial charge >= 0.3 is 6.03 Å². The number of hydrogen-bond donors (Lipinski definition) is 4. The van der Waals surface area contributed by atoms with E-state index in [9.17, 15) is 23.2 Å². The monoisotopic (exact) mass is 440 g/mol. The van der Waals surface area contributed by atoms with Gasteiger partial charge < -0.3 is 15.5 Å². The highest BCUT2D eigenvalue weighted by molar-refractivity contribution is 5.95. The van der Waals surface area contributed by atoms with Gasteiger partial charge in [0.1, 0.15) is 12.6 Å². The predicted octanol–water partition coefficient (Wildman–Crippen LogP) is 3.03. The zero-order chi connectivity index (χ0) is 23.2. The van der Waals surface area contributed by atoms with Crippen molar-refractivity contribution in [3.05, 3.63) is 29.8 Å². The molecule has 1 aliphatic carbocycles. The Bertz CT molecular complexity index is 807. The van der Waals surface area contributed by atoms with Gasteiger partial charge in [0, 0.05) is 18.3 Å². The zero-order valence-corrected chi connectivity index (χ0v) is 18.0. The molecule has 4 amide bonds. The highest BCUT2D eigenvalue weighted by Gasteiger charge is 2.37. The first-order chi connectivity index (χ1) is 14.5. The quantitative estimate of drug-likeness (QED) is 0.386. The highest BCUT2D eigenvalue weighted by atomic mass is 19.2. The molecular weight excluding hydrogens is 410 g/mol. The smallest absolute Gasteiger partial charge is 0.319 e.